The summed E-state index contributed by atoms with van der Waals surface area (Å²) >= 11 is 0. The summed E-state index contributed by atoms with van der Waals surface area (Å²) in [5, 5.41) is 0. The first-order valence-electron chi connectivity index (χ1n) is 15.8. The molecule has 2 nitrogen and oxygen atoms in total. The van der Waals surface area contributed by atoms with Crippen molar-refractivity contribution in [3.05, 3.63) is 0 Å². The highest BCUT2D eigenvalue weighted by Gasteiger charge is 2.62. The Labute approximate surface area is 218 Å². The van der Waals surface area contributed by atoms with Gasteiger partial charge < -0.3 is 9.47 Å². The van der Waals surface area contributed by atoms with E-state index in [1.54, 1.807) is 0 Å². The van der Waals surface area contributed by atoms with Gasteiger partial charge in [0.25, 0.3) is 0 Å². The molecule has 5 rings (SSSR count). The van der Waals surface area contributed by atoms with E-state index in [1.807, 2.05) is 0 Å². The number of hydrogen-bond donors (Lipinski definition) is 0. The van der Waals surface area contributed by atoms with Crippen LogP contribution in [0.4, 0.5) is 0 Å². The fourth-order valence-electron chi connectivity index (χ4n) is 10.8. The van der Waals surface area contributed by atoms with Gasteiger partial charge in [0.05, 0.1) is 13.2 Å². The van der Waals surface area contributed by atoms with Crippen molar-refractivity contribution in [3.8, 4) is 0 Å². The van der Waals surface area contributed by atoms with Crippen LogP contribution in [0.1, 0.15) is 126 Å². The Kier molecular flexibility index (Phi) is 7.51. The summed E-state index contributed by atoms with van der Waals surface area (Å²) in [6.45, 7) is 19.1. The fraction of sp³-hybridized carbons (Fsp3) is 1.00. The SMILES string of the molecule is CC(C)CCC[C@@H](C)[C@H]1CC[C@H]2[C@@H]3CC[C@@H]4[C@@H](C5OCC(C)(C)CO5)CCC[C@]4(C)[C@H]3CC[C@]12C. The smallest absolute Gasteiger partial charge is 0.160 e. The van der Waals surface area contributed by atoms with Gasteiger partial charge in [0.1, 0.15) is 0 Å². The Balaban J connectivity index is 1.28. The number of fused-ring (bicyclic) bond motifs is 5. The monoisotopic (exact) mass is 486 g/mol. The van der Waals surface area contributed by atoms with Crippen molar-refractivity contribution in [1.29, 1.82) is 0 Å². The average Bonchev–Trinajstić information content (AvgIpc) is 3.15. The molecule has 5 fully saturated rings. The molecule has 0 aromatic carbocycles. The molecule has 4 aliphatic carbocycles. The van der Waals surface area contributed by atoms with E-state index in [9.17, 15) is 0 Å². The van der Waals surface area contributed by atoms with E-state index in [0.717, 1.165) is 54.6 Å². The Morgan fingerprint density at radius 1 is 0.686 bits per heavy atom. The minimum atomic E-state index is 0.0561. The molecule has 1 saturated heterocycles. The van der Waals surface area contributed by atoms with Crippen molar-refractivity contribution in [1.82, 2.24) is 0 Å². The highest BCUT2D eigenvalue weighted by Crippen LogP contribution is 2.69. The van der Waals surface area contributed by atoms with E-state index in [-0.39, 0.29) is 11.7 Å². The van der Waals surface area contributed by atoms with Crippen molar-refractivity contribution in [2.45, 2.75) is 132 Å². The van der Waals surface area contributed by atoms with Crippen LogP contribution in [0, 0.1) is 63.6 Å². The minimum Gasteiger partial charge on any atom is -0.352 e. The van der Waals surface area contributed by atoms with E-state index in [2.05, 4.69) is 48.5 Å². The summed E-state index contributed by atoms with van der Waals surface area (Å²) < 4.78 is 12.8. The van der Waals surface area contributed by atoms with Gasteiger partial charge in [-0.05, 0) is 104 Å². The normalized spacial score (nSPS) is 46.6. The zero-order valence-electron chi connectivity index (χ0n) is 24.4. The molecule has 4 saturated carbocycles. The molecule has 2 heteroatoms. The maximum absolute atomic E-state index is 6.41. The van der Waals surface area contributed by atoms with Crippen LogP contribution in [0.3, 0.4) is 0 Å². The maximum atomic E-state index is 6.41. The van der Waals surface area contributed by atoms with E-state index in [4.69, 9.17) is 9.47 Å². The van der Waals surface area contributed by atoms with Gasteiger partial charge >= 0.3 is 0 Å². The zero-order valence-corrected chi connectivity index (χ0v) is 24.4. The van der Waals surface area contributed by atoms with Crippen LogP contribution in [0.5, 0.6) is 0 Å². The van der Waals surface area contributed by atoms with Crippen LogP contribution in [0.2, 0.25) is 0 Å². The van der Waals surface area contributed by atoms with Gasteiger partial charge in [-0.3, -0.25) is 0 Å². The lowest BCUT2D eigenvalue weighted by Gasteiger charge is -2.62. The van der Waals surface area contributed by atoms with Crippen LogP contribution >= 0.6 is 0 Å². The third-order valence-electron chi connectivity index (χ3n) is 12.5. The third kappa shape index (κ3) is 4.79. The largest absolute Gasteiger partial charge is 0.352 e. The van der Waals surface area contributed by atoms with Crippen LogP contribution in [0.25, 0.3) is 0 Å². The number of ether oxygens (including phenoxy) is 2. The zero-order chi connectivity index (χ0) is 25.0. The van der Waals surface area contributed by atoms with Crippen molar-refractivity contribution in [2.24, 2.45) is 63.6 Å². The molecule has 0 N–H and O–H groups in total. The molecular weight excluding hydrogens is 428 g/mol. The van der Waals surface area contributed by atoms with Crippen LogP contribution in [0.15, 0.2) is 0 Å². The summed E-state index contributed by atoms with van der Waals surface area (Å²) in [7, 11) is 0. The van der Waals surface area contributed by atoms with E-state index in [1.165, 1.54) is 77.0 Å². The van der Waals surface area contributed by atoms with Crippen molar-refractivity contribution >= 4 is 0 Å². The Bertz CT molecular complexity index is 719. The lowest BCUT2D eigenvalue weighted by Crippen LogP contribution is -2.57. The van der Waals surface area contributed by atoms with Gasteiger partial charge in [0, 0.05) is 11.3 Å². The predicted octanol–water partition coefficient (Wildman–Crippen LogP) is 9.12. The second-order valence-corrected chi connectivity index (χ2v) is 15.8. The van der Waals surface area contributed by atoms with Gasteiger partial charge in [-0.15, -0.1) is 0 Å². The van der Waals surface area contributed by atoms with Gasteiger partial charge in [-0.25, -0.2) is 0 Å². The van der Waals surface area contributed by atoms with E-state index < -0.39 is 0 Å². The molecule has 0 spiro atoms. The lowest BCUT2D eigenvalue weighted by atomic mass is 9.43. The Morgan fingerprint density at radius 3 is 2.06 bits per heavy atom. The first-order valence-corrected chi connectivity index (χ1v) is 15.8. The molecule has 0 aromatic rings. The highest BCUT2D eigenvalue weighted by atomic mass is 16.7. The second kappa shape index (κ2) is 9.91. The molecule has 0 aromatic heterocycles. The third-order valence-corrected chi connectivity index (χ3v) is 12.5. The van der Waals surface area contributed by atoms with Crippen molar-refractivity contribution in [2.75, 3.05) is 13.2 Å². The topological polar surface area (TPSA) is 18.5 Å². The van der Waals surface area contributed by atoms with Gasteiger partial charge in [-0.1, -0.05) is 74.1 Å². The van der Waals surface area contributed by atoms with Gasteiger partial charge in [-0.2, -0.15) is 0 Å². The van der Waals surface area contributed by atoms with Gasteiger partial charge in [0.15, 0.2) is 6.29 Å². The van der Waals surface area contributed by atoms with Crippen molar-refractivity contribution in [3.63, 3.8) is 0 Å². The number of rotatable bonds is 6. The summed E-state index contributed by atoms with van der Waals surface area (Å²) in [5.41, 5.74) is 1.29. The molecule has 0 bridgehead atoms. The standard InChI is InChI=1S/C33H58O2/c1-22(2)10-8-11-23(3)26-15-16-27-24-13-14-28-25(30-34-20-31(4,5)21-35-30)12-9-18-32(28,6)29(24)17-19-33(26,27)7/h22-30H,8-21H2,1-7H3/t23-,24+,25+,26-,27+,28-,29+,32+,33-/m1/s1. The quantitative estimate of drug-likeness (QED) is 0.372. The first kappa shape index (κ1) is 26.5. The average molecular weight is 487 g/mol. The molecule has 0 unspecified atom stereocenters. The molecule has 1 aliphatic heterocycles. The van der Waals surface area contributed by atoms with Gasteiger partial charge in [0.2, 0.25) is 0 Å². The first-order chi connectivity index (χ1) is 16.6. The Hall–Kier alpha value is -0.0800. The summed E-state index contributed by atoms with van der Waals surface area (Å²) in [4.78, 5) is 0. The summed E-state index contributed by atoms with van der Waals surface area (Å²) in [6.07, 6.45) is 17.4. The molecule has 202 valence electrons. The van der Waals surface area contributed by atoms with Crippen molar-refractivity contribution < 1.29 is 9.47 Å². The van der Waals surface area contributed by atoms with Crippen LogP contribution in [-0.2, 0) is 9.47 Å². The fourth-order valence-corrected chi connectivity index (χ4v) is 10.8. The molecule has 5 aliphatic rings. The molecule has 9 atom stereocenters. The van der Waals surface area contributed by atoms with Crippen LogP contribution in [-0.4, -0.2) is 19.5 Å². The molecular formula is C33H58O2. The van der Waals surface area contributed by atoms with E-state index >= 15 is 0 Å². The van der Waals surface area contributed by atoms with Crippen LogP contribution < -0.4 is 0 Å². The summed E-state index contributed by atoms with van der Waals surface area (Å²) in [6, 6.07) is 0. The summed E-state index contributed by atoms with van der Waals surface area (Å²) in [5.74, 6) is 7.08. The molecule has 35 heavy (non-hydrogen) atoms. The molecule has 1 heterocycles. The second-order valence-electron chi connectivity index (χ2n) is 15.8. The highest BCUT2D eigenvalue weighted by molar-refractivity contribution is 5.10. The molecule has 0 amide bonds. The van der Waals surface area contributed by atoms with E-state index in [0.29, 0.717) is 16.7 Å². The predicted molar refractivity (Wildman–Crippen MR) is 146 cm³/mol. The number of hydrogen-bond acceptors (Lipinski definition) is 2. The lowest BCUT2D eigenvalue weighted by molar-refractivity contribution is -0.269. The Morgan fingerprint density at radius 2 is 1.34 bits per heavy atom. The maximum Gasteiger partial charge on any atom is 0.160 e. The minimum absolute atomic E-state index is 0.0561. The molecule has 0 radical (unpaired) electrons.